The number of alkyl halides is 5. The van der Waals surface area contributed by atoms with Gasteiger partial charge in [0.1, 0.15) is 0 Å². The molecule has 1 aliphatic rings. The first kappa shape index (κ1) is 17.7. The Labute approximate surface area is 124 Å². The quantitative estimate of drug-likeness (QED) is 0.393. The van der Waals surface area contributed by atoms with Crippen LogP contribution in [-0.4, -0.2) is 29.2 Å². The third-order valence-electron chi connectivity index (χ3n) is 3.58. The molecule has 2 atom stereocenters. The molecule has 1 fully saturated rings. The molecular weight excluding hydrogens is 344 g/mol. The topological polar surface area (TPSA) is 26.3 Å². The molecule has 7 heteroatoms. The molecule has 1 saturated carbocycles. The van der Waals surface area contributed by atoms with Crippen LogP contribution in [0.1, 0.15) is 45.4 Å². The molecule has 1 aliphatic carbocycles. The Hall–Kier alpha value is -0.330. The first-order chi connectivity index (χ1) is 9.22. The lowest BCUT2D eigenvalue weighted by Crippen LogP contribution is -2.50. The number of rotatable bonds is 6. The van der Waals surface area contributed by atoms with Gasteiger partial charge in [-0.25, -0.2) is 0 Å². The van der Waals surface area contributed by atoms with Gasteiger partial charge in [0.2, 0.25) is 0 Å². The SMILES string of the molecule is CCOC(=O)CCC(F)(F)C(F)(F)[C@H]1CCCC[C@@H]1Br. The van der Waals surface area contributed by atoms with Crippen LogP contribution in [0.3, 0.4) is 0 Å². The van der Waals surface area contributed by atoms with Crippen LogP contribution in [0.25, 0.3) is 0 Å². The van der Waals surface area contributed by atoms with Crippen LogP contribution in [0.4, 0.5) is 17.6 Å². The summed E-state index contributed by atoms with van der Waals surface area (Å²) in [5.41, 5.74) is 0. The molecule has 0 aromatic carbocycles. The maximum atomic E-state index is 14.0. The first-order valence-electron chi connectivity index (χ1n) is 6.77. The van der Waals surface area contributed by atoms with E-state index >= 15 is 0 Å². The van der Waals surface area contributed by atoms with E-state index in [1.165, 1.54) is 6.92 Å². The van der Waals surface area contributed by atoms with E-state index in [1.807, 2.05) is 0 Å². The Morgan fingerprint density at radius 3 is 2.40 bits per heavy atom. The van der Waals surface area contributed by atoms with Crippen molar-refractivity contribution in [2.75, 3.05) is 6.61 Å². The second-order valence-corrected chi connectivity index (χ2v) is 6.22. The largest absolute Gasteiger partial charge is 0.466 e. The Bertz CT molecular complexity index is 336. The highest BCUT2D eigenvalue weighted by Crippen LogP contribution is 2.49. The molecule has 0 aromatic rings. The van der Waals surface area contributed by atoms with Crippen molar-refractivity contribution < 1.29 is 27.1 Å². The summed E-state index contributed by atoms with van der Waals surface area (Å²) in [5.74, 6) is -10.6. The van der Waals surface area contributed by atoms with Crippen molar-refractivity contribution >= 4 is 21.9 Å². The van der Waals surface area contributed by atoms with Gasteiger partial charge in [-0.2, -0.15) is 17.6 Å². The van der Waals surface area contributed by atoms with Gasteiger partial charge in [-0.15, -0.1) is 0 Å². The van der Waals surface area contributed by atoms with Crippen LogP contribution in [0, 0.1) is 5.92 Å². The average molecular weight is 363 g/mol. The van der Waals surface area contributed by atoms with Crippen molar-refractivity contribution in [3.05, 3.63) is 0 Å². The summed E-state index contributed by atoms with van der Waals surface area (Å²) in [6.45, 7) is 1.58. The summed E-state index contributed by atoms with van der Waals surface area (Å²) < 4.78 is 60.1. The van der Waals surface area contributed by atoms with Gasteiger partial charge in [-0.3, -0.25) is 4.79 Å². The highest BCUT2D eigenvalue weighted by molar-refractivity contribution is 9.09. The fourth-order valence-electron chi connectivity index (χ4n) is 2.42. The van der Waals surface area contributed by atoms with Crippen LogP contribution in [-0.2, 0) is 9.53 Å². The van der Waals surface area contributed by atoms with E-state index in [0.29, 0.717) is 12.8 Å². The smallest absolute Gasteiger partial charge is 0.314 e. The zero-order valence-electron chi connectivity index (χ0n) is 11.3. The molecule has 0 amide bonds. The minimum absolute atomic E-state index is 0.0485. The Kier molecular flexibility index (Phi) is 6.28. The molecule has 0 radical (unpaired) electrons. The first-order valence-corrected chi connectivity index (χ1v) is 7.69. The van der Waals surface area contributed by atoms with Crippen molar-refractivity contribution in [2.24, 2.45) is 5.92 Å². The predicted molar refractivity (Wildman–Crippen MR) is 70.4 cm³/mol. The van der Waals surface area contributed by atoms with E-state index in [2.05, 4.69) is 20.7 Å². The summed E-state index contributed by atoms with van der Waals surface area (Å²) in [7, 11) is 0. The van der Waals surface area contributed by atoms with E-state index in [1.54, 1.807) is 0 Å². The van der Waals surface area contributed by atoms with Crippen LogP contribution < -0.4 is 0 Å². The maximum absolute atomic E-state index is 14.0. The van der Waals surface area contributed by atoms with E-state index in [9.17, 15) is 22.4 Å². The van der Waals surface area contributed by atoms with Crippen molar-refractivity contribution in [1.82, 2.24) is 0 Å². The lowest BCUT2D eigenvalue weighted by atomic mass is 9.81. The minimum atomic E-state index is -4.20. The van der Waals surface area contributed by atoms with Crippen LogP contribution in [0.2, 0.25) is 0 Å². The molecule has 0 saturated heterocycles. The number of halogens is 5. The Morgan fingerprint density at radius 1 is 1.25 bits per heavy atom. The lowest BCUT2D eigenvalue weighted by molar-refractivity contribution is -0.242. The van der Waals surface area contributed by atoms with Gasteiger partial charge in [0.05, 0.1) is 13.0 Å². The Morgan fingerprint density at radius 2 is 1.85 bits per heavy atom. The van der Waals surface area contributed by atoms with E-state index < -0.39 is 41.4 Å². The molecule has 0 spiro atoms. The van der Waals surface area contributed by atoms with Crippen LogP contribution in [0.15, 0.2) is 0 Å². The van der Waals surface area contributed by atoms with Gasteiger partial charge in [-0.05, 0) is 19.8 Å². The predicted octanol–water partition coefficient (Wildman–Crippen LogP) is 4.55. The highest BCUT2D eigenvalue weighted by atomic mass is 79.9. The molecule has 0 unspecified atom stereocenters. The average Bonchev–Trinajstić information content (AvgIpc) is 2.37. The molecule has 0 heterocycles. The van der Waals surface area contributed by atoms with Gasteiger partial charge in [0.15, 0.2) is 0 Å². The molecule has 2 nitrogen and oxygen atoms in total. The molecule has 1 rings (SSSR count). The monoisotopic (exact) mass is 362 g/mol. The number of carbonyl (C=O) groups excluding carboxylic acids is 1. The lowest BCUT2D eigenvalue weighted by Gasteiger charge is -2.38. The summed E-state index contributed by atoms with van der Waals surface area (Å²) in [6.07, 6.45) is -0.0650. The van der Waals surface area contributed by atoms with Gasteiger partial charge < -0.3 is 4.74 Å². The fourth-order valence-corrected chi connectivity index (χ4v) is 3.34. The molecule has 118 valence electrons. The number of hydrogen-bond acceptors (Lipinski definition) is 2. The van der Waals surface area contributed by atoms with E-state index in [0.717, 1.165) is 6.42 Å². The van der Waals surface area contributed by atoms with Crippen molar-refractivity contribution in [3.8, 4) is 0 Å². The molecule has 0 N–H and O–H groups in total. The third kappa shape index (κ3) is 4.09. The fraction of sp³-hybridized carbons (Fsp3) is 0.923. The zero-order chi connectivity index (χ0) is 15.4. The van der Waals surface area contributed by atoms with Crippen molar-refractivity contribution in [2.45, 2.75) is 62.1 Å². The summed E-state index contributed by atoms with van der Waals surface area (Å²) in [4.78, 5) is 10.4. The second kappa shape index (κ2) is 7.09. The molecule has 0 aromatic heterocycles. The van der Waals surface area contributed by atoms with E-state index in [4.69, 9.17) is 0 Å². The molecule has 20 heavy (non-hydrogen) atoms. The van der Waals surface area contributed by atoms with Gasteiger partial charge in [0.25, 0.3) is 0 Å². The molecule has 0 aliphatic heterocycles. The van der Waals surface area contributed by atoms with E-state index in [-0.39, 0.29) is 13.0 Å². The molecule has 0 bridgehead atoms. The molecular formula is C13H19BrF4O2. The standard InChI is InChI=1S/C13H19BrF4O2/c1-2-20-11(19)7-8-12(15,16)13(17,18)9-5-3-4-6-10(9)14/h9-10H,2-8H2,1H3/t9-,10-/m0/s1. The van der Waals surface area contributed by atoms with Crippen molar-refractivity contribution in [1.29, 1.82) is 0 Å². The second-order valence-electron chi connectivity index (χ2n) is 5.04. The third-order valence-corrected chi connectivity index (χ3v) is 4.68. The van der Waals surface area contributed by atoms with Gasteiger partial charge in [0, 0.05) is 17.2 Å². The maximum Gasteiger partial charge on any atom is 0.314 e. The van der Waals surface area contributed by atoms with Gasteiger partial charge in [-0.1, -0.05) is 28.8 Å². The van der Waals surface area contributed by atoms with Gasteiger partial charge >= 0.3 is 17.8 Å². The zero-order valence-corrected chi connectivity index (χ0v) is 12.9. The number of esters is 1. The number of ether oxygens (including phenoxy) is 1. The van der Waals surface area contributed by atoms with Crippen LogP contribution >= 0.6 is 15.9 Å². The number of carbonyl (C=O) groups is 1. The normalized spacial score (nSPS) is 24.5. The van der Waals surface area contributed by atoms with Crippen LogP contribution in [0.5, 0.6) is 0 Å². The number of hydrogen-bond donors (Lipinski definition) is 0. The summed E-state index contributed by atoms with van der Waals surface area (Å²) in [5, 5.41) is 0. The Balaban J connectivity index is 2.69. The summed E-state index contributed by atoms with van der Waals surface area (Å²) >= 11 is 3.08. The highest BCUT2D eigenvalue weighted by Gasteiger charge is 2.61. The summed E-state index contributed by atoms with van der Waals surface area (Å²) in [6, 6.07) is 0. The minimum Gasteiger partial charge on any atom is -0.466 e. The van der Waals surface area contributed by atoms with Crippen molar-refractivity contribution in [3.63, 3.8) is 0 Å².